The minimum absolute atomic E-state index is 0.0621. The lowest BCUT2D eigenvalue weighted by Gasteiger charge is -2.17. The van der Waals surface area contributed by atoms with Gasteiger partial charge in [0, 0.05) is 23.0 Å². The fraction of sp³-hybridized carbons (Fsp3) is 0.250. The summed E-state index contributed by atoms with van der Waals surface area (Å²) in [5.74, 6) is -1.14. The zero-order valence-corrected chi connectivity index (χ0v) is 15.0. The van der Waals surface area contributed by atoms with E-state index in [1.807, 2.05) is 31.2 Å². The first-order valence-corrected chi connectivity index (χ1v) is 8.73. The van der Waals surface area contributed by atoms with Gasteiger partial charge in [-0.1, -0.05) is 29.8 Å². The molecule has 0 aliphatic carbocycles. The number of hydrogen-bond donors (Lipinski definition) is 3. The number of benzene rings is 2. The topological polar surface area (TPSA) is 82.7 Å². The Bertz CT molecular complexity index is 921. The maximum atomic E-state index is 11.0. The van der Waals surface area contributed by atoms with Crippen LogP contribution in [0.4, 0.5) is 0 Å². The molecule has 0 bridgehead atoms. The molecule has 0 radical (unpaired) electrons. The molecule has 0 aliphatic rings. The molecular weight excluding hydrogens is 354 g/mol. The lowest BCUT2D eigenvalue weighted by molar-refractivity contribution is 0.0665. The van der Waals surface area contributed by atoms with Gasteiger partial charge in [-0.05, 0) is 54.8 Å². The summed E-state index contributed by atoms with van der Waals surface area (Å²) in [5.41, 5.74) is 2.40. The van der Waals surface area contributed by atoms with E-state index in [1.165, 1.54) is 6.07 Å². The van der Waals surface area contributed by atoms with Crippen molar-refractivity contribution in [3.63, 3.8) is 0 Å². The van der Waals surface area contributed by atoms with Gasteiger partial charge in [0.2, 0.25) is 5.76 Å². The molecule has 3 aromatic rings. The highest BCUT2D eigenvalue weighted by Crippen LogP contribution is 2.22. The van der Waals surface area contributed by atoms with Crippen LogP contribution in [0.5, 0.6) is 0 Å². The minimum Gasteiger partial charge on any atom is -0.475 e. The number of furan rings is 1. The number of aliphatic hydroxyl groups is 1. The highest BCUT2D eigenvalue weighted by Gasteiger charge is 2.13. The van der Waals surface area contributed by atoms with Crippen molar-refractivity contribution in [3.8, 4) is 0 Å². The number of carboxylic acid groups (broad SMARTS) is 1. The lowest BCUT2D eigenvalue weighted by atomic mass is 10.0. The smallest absolute Gasteiger partial charge is 0.371 e. The number of carboxylic acids is 1. The third-order valence-corrected chi connectivity index (χ3v) is 4.46. The zero-order valence-electron chi connectivity index (χ0n) is 14.3. The highest BCUT2D eigenvalue weighted by atomic mass is 35.5. The van der Waals surface area contributed by atoms with E-state index in [0.717, 1.165) is 22.9 Å². The monoisotopic (exact) mass is 373 g/mol. The number of aliphatic hydroxyl groups excluding tert-OH is 1. The highest BCUT2D eigenvalue weighted by molar-refractivity contribution is 6.30. The first-order chi connectivity index (χ1) is 12.4. The van der Waals surface area contributed by atoms with Crippen molar-refractivity contribution in [2.24, 2.45) is 0 Å². The molecule has 0 fully saturated rings. The van der Waals surface area contributed by atoms with Crippen LogP contribution in [-0.4, -0.2) is 28.8 Å². The molecule has 136 valence electrons. The van der Waals surface area contributed by atoms with Crippen LogP contribution in [0.3, 0.4) is 0 Å². The maximum Gasteiger partial charge on any atom is 0.371 e. The summed E-state index contributed by atoms with van der Waals surface area (Å²) < 4.78 is 5.27. The average molecular weight is 374 g/mol. The number of hydrogen-bond acceptors (Lipinski definition) is 4. The van der Waals surface area contributed by atoms with Crippen molar-refractivity contribution in [1.29, 1.82) is 0 Å². The second-order valence-electron chi connectivity index (χ2n) is 6.37. The Labute approximate surface area is 156 Å². The van der Waals surface area contributed by atoms with Crippen molar-refractivity contribution in [2.75, 3.05) is 6.54 Å². The lowest BCUT2D eigenvalue weighted by Crippen LogP contribution is -2.32. The van der Waals surface area contributed by atoms with E-state index in [4.69, 9.17) is 21.1 Å². The first-order valence-electron chi connectivity index (χ1n) is 8.35. The number of carbonyl (C=O) groups is 1. The minimum atomic E-state index is -1.08. The van der Waals surface area contributed by atoms with Crippen LogP contribution in [0.15, 0.2) is 52.9 Å². The van der Waals surface area contributed by atoms with Gasteiger partial charge >= 0.3 is 5.97 Å². The largest absolute Gasteiger partial charge is 0.475 e. The van der Waals surface area contributed by atoms with Gasteiger partial charge in [-0.25, -0.2) is 4.79 Å². The van der Waals surface area contributed by atoms with E-state index in [9.17, 15) is 9.90 Å². The molecular formula is C20H20ClNO4. The zero-order chi connectivity index (χ0) is 18.7. The van der Waals surface area contributed by atoms with E-state index in [2.05, 4.69) is 5.32 Å². The Morgan fingerprint density at radius 1 is 1.23 bits per heavy atom. The summed E-state index contributed by atoms with van der Waals surface area (Å²) in [4.78, 5) is 11.0. The van der Waals surface area contributed by atoms with Crippen LogP contribution in [0.2, 0.25) is 5.02 Å². The average Bonchev–Trinajstić information content (AvgIpc) is 3.03. The summed E-state index contributed by atoms with van der Waals surface area (Å²) in [7, 11) is 0. The molecule has 0 saturated heterocycles. The van der Waals surface area contributed by atoms with Gasteiger partial charge in [-0.2, -0.15) is 0 Å². The van der Waals surface area contributed by atoms with Crippen molar-refractivity contribution in [2.45, 2.75) is 25.5 Å². The second-order valence-corrected chi connectivity index (χ2v) is 6.81. The van der Waals surface area contributed by atoms with Gasteiger partial charge in [0.15, 0.2) is 0 Å². The molecule has 26 heavy (non-hydrogen) atoms. The van der Waals surface area contributed by atoms with Gasteiger partial charge in [0.1, 0.15) is 5.58 Å². The molecule has 2 atom stereocenters. The summed E-state index contributed by atoms with van der Waals surface area (Å²) >= 11 is 5.95. The SMILES string of the molecule is CC(Cc1ccc2oc(C(=O)O)cc2c1)NC[C@H](O)c1cccc(Cl)c1. The summed E-state index contributed by atoms with van der Waals surface area (Å²) in [6.45, 7) is 2.45. The van der Waals surface area contributed by atoms with Crippen molar-refractivity contribution in [1.82, 2.24) is 5.32 Å². The Morgan fingerprint density at radius 3 is 2.77 bits per heavy atom. The number of nitrogens with one attached hydrogen (secondary N) is 1. The predicted octanol–water partition coefficient (Wildman–Crippen LogP) is 4.04. The Morgan fingerprint density at radius 2 is 2.04 bits per heavy atom. The van der Waals surface area contributed by atoms with Crippen molar-refractivity contribution >= 4 is 28.5 Å². The molecule has 6 heteroatoms. The standard InChI is InChI=1S/C20H20ClNO4/c1-12(22-11-17(23)14-3-2-4-16(21)9-14)7-13-5-6-18-15(8-13)10-19(26-18)20(24)25/h2-6,8-10,12,17,22-23H,7,11H2,1H3,(H,24,25)/t12?,17-/m0/s1. The van der Waals surface area contributed by atoms with Gasteiger partial charge in [0.25, 0.3) is 0 Å². The van der Waals surface area contributed by atoms with Gasteiger partial charge in [0.05, 0.1) is 6.10 Å². The molecule has 0 aliphatic heterocycles. The molecule has 1 unspecified atom stereocenters. The normalized spacial score (nSPS) is 13.7. The molecule has 0 spiro atoms. The second kappa shape index (κ2) is 7.91. The molecule has 3 rings (SSSR count). The molecule has 3 N–H and O–H groups in total. The Balaban J connectivity index is 1.59. The van der Waals surface area contributed by atoms with Crippen molar-refractivity contribution in [3.05, 3.63) is 70.4 Å². The Kier molecular flexibility index (Phi) is 5.61. The molecule has 2 aromatic carbocycles. The number of halogens is 1. The van der Waals surface area contributed by atoms with Crippen LogP contribution in [0.1, 0.15) is 34.7 Å². The molecule has 0 saturated carbocycles. The van der Waals surface area contributed by atoms with Gasteiger partial charge in [-0.3, -0.25) is 0 Å². The molecule has 5 nitrogen and oxygen atoms in total. The van der Waals surface area contributed by atoms with Crippen LogP contribution in [0, 0.1) is 0 Å². The van der Waals surface area contributed by atoms with E-state index in [-0.39, 0.29) is 11.8 Å². The van der Waals surface area contributed by atoms with E-state index in [1.54, 1.807) is 18.2 Å². The van der Waals surface area contributed by atoms with E-state index in [0.29, 0.717) is 17.2 Å². The van der Waals surface area contributed by atoms with Crippen LogP contribution in [-0.2, 0) is 6.42 Å². The van der Waals surface area contributed by atoms with E-state index < -0.39 is 12.1 Å². The molecule has 0 amide bonds. The Hall–Kier alpha value is -2.34. The third kappa shape index (κ3) is 4.43. The molecule has 1 heterocycles. The number of aromatic carboxylic acids is 1. The maximum absolute atomic E-state index is 11.0. The van der Waals surface area contributed by atoms with Gasteiger partial charge in [-0.15, -0.1) is 0 Å². The van der Waals surface area contributed by atoms with Gasteiger partial charge < -0.3 is 19.9 Å². The van der Waals surface area contributed by atoms with Crippen LogP contribution < -0.4 is 5.32 Å². The van der Waals surface area contributed by atoms with E-state index >= 15 is 0 Å². The number of fused-ring (bicyclic) bond motifs is 1. The summed E-state index contributed by atoms with van der Waals surface area (Å²) in [6, 6.07) is 14.5. The summed E-state index contributed by atoms with van der Waals surface area (Å²) in [6.07, 6.45) is 0.108. The number of rotatable bonds is 7. The summed E-state index contributed by atoms with van der Waals surface area (Å²) in [5, 5.41) is 23.9. The fourth-order valence-corrected chi connectivity index (χ4v) is 3.09. The van der Waals surface area contributed by atoms with Crippen LogP contribution in [0.25, 0.3) is 11.0 Å². The van der Waals surface area contributed by atoms with Crippen LogP contribution >= 0.6 is 11.6 Å². The molecule has 1 aromatic heterocycles. The first kappa shape index (κ1) is 18.5. The van der Waals surface area contributed by atoms with Crippen molar-refractivity contribution < 1.29 is 19.4 Å². The third-order valence-electron chi connectivity index (χ3n) is 4.23. The fourth-order valence-electron chi connectivity index (χ4n) is 2.90. The quantitative estimate of drug-likeness (QED) is 0.582. The predicted molar refractivity (Wildman–Crippen MR) is 101 cm³/mol.